The first-order chi connectivity index (χ1) is 5.84. The van der Waals surface area contributed by atoms with Crippen LogP contribution in [0.1, 0.15) is 31.7 Å². The average molecular weight is 166 g/mol. The van der Waals surface area contributed by atoms with Crippen molar-refractivity contribution in [1.82, 2.24) is 0 Å². The van der Waals surface area contributed by atoms with E-state index in [1.807, 2.05) is 12.1 Å². The lowest BCUT2D eigenvalue weighted by Gasteiger charge is -2.00. The monoisotopic (exact) mass is 166 g/mol. The van der Waals surface area contributed by atoms with Gasteiger partial charge in [-0.25, -0.2) is 4.39 Å². The molecule has 0 aliphatic carbocycles. The molecule has 0 fully saturated rings. The number of hydrogen-bond donors (Lipinski definition) is 0. The number of rotatable bonds is 4. The van der Waals surface area contributed by atoms with Gasteiger partial charge in [0.1, 0.15) is 5.82 Å². The highest BCUT2D eigenvalue weighted by atomic mass is 19.1. The first kappa shape index (κ1) is 9.24. The molecule has 0 radical (unpaired) electrons. The van der Waals surface area contributed by atoms with Gasteiger partial charge < -0.3 is 0 Å². The van der Waals surface area contributed by atoms with E-state index in [1.54, 1.807) is 6.07 Å². The van der Waals surface area contributed by atoms with Crippen LogP contribution in [0, 0.1) is 5.82 Å². The Hall–Kier alpha value is -0.850. The normalized spacial score (nSPS) is 10.2. The molecular formula is C11H15F. The summed E-state index contributed by atoms with van der Waals surface area (Å²) in [4.78, 5) is 0. The summed E-state index contributed by atoms with van der Waals surface area (Å²) in [6.07, 6.45) is 4.35. The van der Waals surface area contributed by atoms with Crippen LogP contribution in [0.25, 0.3) is 0 Å². The topological polar surface area (TPSA) is 0 Å². The summed E-state index contributed by atoms with van der Waals surface area (Å²) in [6, 6.07) is 7.02. The molecule has 66 valence electrons. The Balaban J connectivity index is 2.46. The summed E-state index contributed by atoms with van der Waals surface area (Å²) in [5, 5.41) is 0. The lowest BCUT2D eigenvalue weighted by Crippen LogP contribution is -1.89. The van der Waals surface area contributed by atoms with Crippen LogP contribution in [0.5, 0.6) is 0 Å². The van der Waals surface area contributed by atoms with Gasteiger partial charge in [0.25, 0.3) is 0 Å². The van der Waals surface area contributed by atoms with Gasteiger partial charge in [-0.05, 0) is 24.5 Å². The summed E-state index contributed by atoms with van der Waals surface area (Å²) in [6.45, 7) is 2.15. The van der Waals surface area contributed by atoms with Gasteiger partial charge in [-0.2, -0.15) is 0 Å². The first-order valence-electron chi connectivity index (χ1n) is 4.58. The molecule has 0 saturated heterocycles. The highest BCUT2D eigenvalue weighted by molar-refractivity contribution is 5.17. The predicted octanol–water partition coefficient (Wildman–Crippen LogP) is 3.56. The van der Waals surface area contributed by atoms with Crippen molar-refractivity contribution < 1.29 is 4.39 Å². The summed E-state index contributed by atoms with van der Waals surface area (Å²) in [7, 11) is 0. The molecule has 0 saturated carbocycles. The van der Waals surface area contributed by atoms with Crippen molar-refractivity contribution in [2.24, 2.45) is 0 Å². The molecule has 1 aromatic rings. The summed E-state index contributed by atoms with van der Waals surface area (Å²) in [5.74, 6) is -0.0615. The molecule has 0 spiro atoms. The Morgan fingerprint density at radius 3 is 2.58 bits per heavy atom. The third kappa shape index (κ3) is 2.65. The van der Waals surface area contributed by atoms with Crippen LogP contribution < -0.4 is 0 Å². The molecule has 1 aromatic carbocycles. The molecule has 0 aliphatic heterocycles. The highest BCUT2D eigenvalue weighted by Gasteiger charge is 1.98. The fourth-order valence-electron chi connectivity index (χ4n) is 1.27. The van der Waals surface area contributed by atoms with Gasteiger partial charge >= 0.3 is 0 Å². The van der Waals surface area contributed by atoms with Crippen molar-refractivity contribution in [3.63, 3.8) is 0 Å². The van der Waals surface area contributed by atoms with Crippen LogP contribution in [0.3, 0.4) is 0 Å². The lowest BCUT2D eigenvalue weighted by atomic mass is 10.1. The maximum absolute atomic E-state index is 13.0. The van der Waals surface area contributed by atoms with Gasteiger partial charge in [-0.3, -0.25) is 0 Å². The summed E-state index contributed by atoms with van der Waals surface area (Å²) in [5.41, 5.74) is 0.853. The van der Waals surface area contributed by atoms with Gasteiger partial charge in [0.15, 0.2) is 0 Å². The molecule has 12 heavy (non-hydrogen) atoms. The molecule has 0 N–H and O–H groups in total. The molecule has 0 atom stereocenters. The maximum Gasteiger partial charge on any atom is 0.126 e. The van der Waals surface area contributed by atoms with Gasteiger partial charge in [0.2, 0.25) is 0 Å². The second kappa shape index (κ2) is 4.91. The van der Waals surface area contributed by atoms with Crippen molar-refractivity contribution in [2.75, 3.05) is 0 Å². The number of benzene rings is 1. The van der Waals surface area contributed by atoms with Gasteiger partial charge in [0.05, 0.1) is 0 Å². The van der Waals surface area contributed by atoms with Gasteiger partial charge in [-0.1, -0.05) is 38.0 Å². The molecule has 0 amide bonds. The third-order valence-electron chi connectivity index (χ3n) is 2.01. The zero-order valence-corrected chi connectivity index (χ0v) is 7.52. The van der Waals surface area contributed by atoms with Crippen LogP contribution in [0.2, 0.25) is 0 Å². The van der Waals surface area contributed by atoms with E-state index in [-0.39, 0.29) is 5.82 Å². The van der Waals surface area contributed by atoms with Crippen molar-refractivity contribution in [3.05, 3.63) is 35.6 Å². The molecule has 0 aromatic heterocycles. The number of halogens is 1. The molecule has 0 aliphatic rings. The highest BCUT2D eigenvalue weighted by Crippen LogP contribution is 2.10. The Morgan fingerprint density at radius 2 is 1.92 bits per heavy atom. The van der Waals surface area contributed by atoms with E-state index in [0.29, 0.717) is 0 Å². The van der Waals surface area contributed by atoms with Crippen molar-refractivity contribution >= 4 is 0 Å². The zero-order chi connectivity index (χ0) is 8.81. The summed E-state index contributed by atoms with van der Waals surface area (Å²) >= 11 is 0. The Labute approximate surface area is 73.4 Å². The minimum Gasteiger partial charge on any atom is -0.207 e. The third-order valence-corrected chi connectivity index (χ3v) is 2.01. The quantitative estimate of drug-likeness (QED) is 0.600. The van der Waals surface area contributed by atoms with Crippen LogP contribution in [0.15, 0.2) is 24.3 Å². The van der Waals surface area contributed by atoms with E-state index in [2.05, 4.69) is 6.92 Å². The largest absolute Gasteiger partial charge is 0.207 e. The molecule has 0 bridgehead atoms. The zero-order valence-electron chi connectivity index (χ0n) is 7.52. The molecule has 0 nitrogen and oxygen atoms in total. The van der Waals surface area contributed by atoms with Crippen molar-refractivity contribution in [2.45, 2.75) is 32.6 Å². The van der Waals surface area contributed by atoms with Gasteiger partial charge in [-0.15, -0.1) is 0 Å². The predicted molar refractivity (Wildman–Crippen MR) is 49.6 cm³/mol. The van der Waals surface area contributed by atoms with Crippen molar-refractivity contribution in [1.29, 1.82) is 0 Å². The minimum absolute atomic E-state index is 0.0615. The molecular weight excluding hydrogens is 151 g/mol. The van der Waals surface area contributed by atoms with Crippen LogP contribution >= 0.6 is 0 Å². The van der Waals surface area contributed by atoms with E-state index in [0.717, 1.165) is 18.4 Å². The maximum atomic E-state index is 13.0. The Morgan fingerprint density at radius 1 is 1.17 bits per heavy atom. The smallest absolute Gasteiger partial charge is 0.126 e. The van der Waals surface area contributed by atoms with E-state index in [9.17, 15) is 4.39 Å². The molecule has 0 unspecified atom stereocenters. The standard InChI is InChI=1S/C11H15F/c1-2-3-4-7-10-8-5-6-9-11(10)12/h5-6,8-9H,2-4,7H2,1H3. The fraction of sp³-hybridized carbons (Fsp3) is 0.455. The molecule has 1 heteroatoms. The summed E-state index contributed by atoms with van der Waals surface area (Å²) < 4.78 is 13.0. The SMILES string of the molecule is CCCCCc1ccccc1F. The van der Waals surface area contributed by atoms with E-state index in [1.165, 1.54) is 18.9 Å². The number of hydrogen-bond acceptors (Lipinski definition) is 0. The minimum atomic E-state index is -0.0615. The second-order valence-electron chi connectivity index (χ2n) is 3.05. The molecule has 1 rings (SSSR count). The van der Waals surface area contributed by atoms with Gasteiger partial charge in [0, 0.05) is 0 Å². The van der Waals surface area contributed by atoms with Crippen LogP contribution in [0.4, 0.5) is 4.39 Å². The van der Waals surface area contributed by atoms with E-state index < -0.39 is 0 Å². The van der Waals surface area contributed by atoms with Crippen LogP contribution in [-0.2, 0) is 6.42 Å². The Bertz CT molecular complexity index is 230. The fourth-order valence-corrected chi connectivity index (χ4v) is 1.27. The lowest BCUT2D eigenvalue weighted by molar-refractivity contribution is 0.599. The van der Waals surface area contributed by atoms with E-state index in [4.69, 9.17) is 0 Å². The Kier molecular flexibility index (Phi) is 3.78. The van der Waals surface area contributed by atoms with E-state index >= 15 is 0 Å². The van der Waals surface area contributed by atoms with Crippen molar-refractivity contribution in [3.8, 4) is 0 Å². The number of unbranched alkanes of at least 4 members (excludes halogenated alkanes) is 2. The van der Waals surface area contributed by atoms with Crippen LogP contribution in [-0.4, -0.2) is 0 Å². The number of aryl methyl sites for hydroxylation is 1. The molecule has 0 heterocycles. The first-order valence-corrected chi connectivity index (χ1v) is 4.58. The average Bonchev–Trinajstić information content (AvgIpc) is 2.09. The second-order valence-corrected chi connectivity index (χ2v) is 3.05.